The molecule has 0 saturated heterocycles. The van der Waals surface area contributed by atoms with E-state index in [1.807, 2.05) is 13.1 Å². The van der Waals surface area contributed by atoms with Crippen molar-refractivity contribution in [3.05, 3.63) is 24.0 Å². The summed E-state index contributed by atoms with van der Waals surface area (Å²) >= 11 is 0. The first kappa shape index (κ1) is 11.9. The van der Waals surface area contributed by atoms with Gasteiger partial charge in [0.2, 0.25) is 0 Å². The highest BCUT2D eigenvalue weighted by molar-refractivity contribution is 5.93. The summed E-state index contributed by atoms with van der Waals surface area (Å²) in [5.41, 5.74) is 1.39. The third-order valence-corrected chi connectivity index (χ3v) is 3.18. The van der Waals surface area contributed by atoms with Crippen molar-refractivity contribution in [2.75, 3.05) is 12.4 Å². The molecule has 4 nitrogen and oxygen atoms in total. The minimum Gasteiger partial charge on any atom is -0.388 e. The number of pyridine rings is 1. The maximum atomic E-state index is 11.9. The number of rotatable bonds is 5. The number of nitrogens with zero attached hydrogens (tertiary/aromatic N) is 1. The van der Waals surface area contributed by atoms with Crippen molar-refractivity contribution < 1.29 is 4.79 Å². The molecule has 17 heavy (non-hydrogen) atoms. The molecule has 1 aromatic rings. The third-order valence-electron chi connectivity index (χ3n) is 3.18. The van der Waals surface area contributed by atoms with Gasteiger partial charge in [-0.15, -0.1) is 0 Å². The van der Waals surface area contributed by atoms with Gasteiger partial charge in [-0.25, -0.2) is 0 Å². The van der Waals surface area contributed by atoms with Gasteiger partial charge in [-0.05, 0) is 30.9 Å². The Morgan fingerprint density at radius 3 is 3.12 bits per heavy atom. The number of nitrogens with one attached hydrogen (secondary N) is 2. The summed E-state index contributed by atoms with van der Waals surface area (Å²) < 4.78 is 0. The van der Waals surface area contributed by atoms with E-state index in [0.717, 1.165) is 12.1 Å². The van der Waals surface area contributed by atoms with E-state index < -0.39 is 0 Å². The van der Waals surface area contributed by atoms with Gasteiger partial charge in [-0.2, -0.15) is 0 Å². The quantitative estimate of drug-likeness (QED) is 0.818. The Labute approximate surface area is 102 Å². The van der Waals surface area contributed by atoms with E-state index >= 15 is 0 Å². The van der Waals surface area contributed by atoms with E-state index in [4.69, 9.17) is 0 Å². The summed E-state index contributed by atoms with van der Waals surface area (Å²) in [6.07, 6.45) is 5.15. The van der Waals surface area contributed by atoms with Crippen LogP contribution in [0.3, 0.4) is 0 Å². The number of hydrogen-bond acceptors (Lipinski definition) is 3. The lowest BCUT2D eigenvalue weighted by atomic mass is 10.2. The second-order valence-electron chi connectivity index (χ2n) is 4.54. The molecule has 1 heterocycles. The van der Waals surface area contributed by atoms with Gasteiger partial charge in [-0.1, -0.05) is 13.3 Å². The highest BCUT2D eigenvalue weighted by atomic mass is 16.2. The molecule has 0 aliphatic heterocycles. The molecule has 2 atom stereocenters. The van der Waals surface area contributed by atoms with Gasteiger partial charge in [0, 0.05) is 25.0 Å². The lowest BCUT2D eigenvalue weighted by Crippen LogP contribution is -2.27. The van der Waals surface area contributed by atoms with Crippen LogP contribution in [0.4, 0.5) is 5.69 Å². The van der Waals surface area contributed by atoms with E-state index in [1.54, 1.807) is 12.3 Å². The average Bonchev–Trinajstić information content (AvgIpc) is 3.08. The average molecular weight is 233 g/mol. The molecular formula is C13H19N3O. The van der Waals surface area contributed by atoms with Crippen LogP contribution in [-0.2, 0) is 0 Å². The van der Waals surface area contributed by atoms with Crippen molar-refractivity contribution in [2.45, 2.75) is 32.2 Å². The fourth-order valence-electron chi connectivity index (χ4n) is 2.07. The fraction of sp³-hybridized carbons (Fsp3) is 0.538. The SMILES string of the molecule is CCCC1CC1NC(=O)c1cc(NC)ccn1. The predicted molar refractivity (Wildman–Crippen MR) is 68.1 cm³/mol. The number of carbonyl (C=O) groups is 1. The van der Waals surface area contributed by atoms with Crippen molar-refractivity contribution in [2.24, 2.45) is 5.92 Å². The first-order valence-corrected chi connectivity index (χ1v) is 6.19. The summed E-state index contributed by atoms with van der Waals surface area (Å²) in [5, 5.41) is 6.03. The molecule has 92 valence electrons. The molecule has 0 spiro atoms. The molecule has 1 aliphatic carbocycles. The molecule has 2 N–H and O–H groups in total. The molecule has 0 radical (unpaired) electrons. The third kappa shape index (κ3) is 2.96. The zero-order valence-electron chi connectivity index (χ0n) is 10.4. The molecule has 1 aromatic heterocycles. The molecule has 2 rings (SSSR count). The topological polar surface area (TPSA) is 54.0 Å². The normalized spacial score (nSPS) is 22.0. The summed E-state index contributed by atoms with van der Waals surface area (Å²) in [5.74, 6) is 0.613. The Bertz CT molecular complexity index is 405. The molecule has 1 fully saturated rings. The Hall–Kier alpha value is -1.58. The van der Waals surface area contributed by atoms with E-state index in [2.05, 4.69) is 22.5 Å². The van der Waals surface area contributed by atoms with Crippen molar-refractivity contribution in [3.8, 4) is 0 Å². The van der Waals surface area contributed by atoms with Crippen LogP contribution in [0.5, 0.6) is 0 Å². The Morgan fingerprint density at radius 2 is 2.41 bits per heavy atom. The van der Waals surface area contributed by atoms with Gasteiger partial charge in [0.25, 0.3) is 5.91 Å². The van der Waals surface area contributed by atoms with Crippen LogP contribution in [0.1, 0.15) is 36.7 Å². The van der Waals surface area contributed by atoms with Gasteiger partial charge in [0.1, 0.15) is 5.69 Å². The van der Waals surface area contributed by atoms with Crippen LogP contribution in [0.25, 0.3) is 0 Å². The summed E-state index contributed by atoms with van der Waals surface area (Å²) in [6.45, 7) is 2.18. The monoisotopic (exact) mass is 233 g/mol. The maximum Gasteiger partial charge on any atom is 0.270 e. The molecule has 2 unspecified atom stereocenters. The molecule has 4 heteroatoms. The molecule has 0 bridgehead atoms. The van der Waals surface area contributed by atoms with Crippen LogP contribution >= 0.6 is 0 Å². The van der Waals surface area contributed by atoms with Crippen molar-refractivity contribution in [1.29, 1.82) is 0 Å². The predicted octanol–water partition coefficient (Wildman–Crippen LogP) is 2.04. The first-order chi connectivity index (χ1) is 8.24. The van der Waals surface area contributed by atoms with Gasteiger partial charge in [0.15, 0.2) is 0 Å². The van der Waals surface area contributed by atoms with Crippen LogP contribution in [0.2, 0.25) is 0 Å². The number of aromatic nitrogens is 1. The van der Waals surface area contributed by atoms with Gasteiger partial charge in [0.05, 0.1) is 0 Å². The number of carbonyl (C=O) groups excluding carboxylic acids is 1. The van der Waals surface area contributed by atoms with E-state index in [-0.39, 0.29) is 5.91 Å². The van der Waals surface area contributed by atoms with E-state index in [1.165, 1.54) is 12.8 Å². The van der Waals surface area contributed by atoms with Gasteiger partial charge < -0.3 is 10.6 Å². The first-order valence-electron chi connectivity index (χ1n) is 6.19. The second-order valence-corrected chi connectivity index (χ2v) is 4.54. The number of hydrogen-bond donors (Lipinski definition) is 2. The number of anilines is 1. The summed E-state index contributed by atoms with van der Waals surface area (Å²) in [6, 6.07) is 3.97. The molecular weight excluding hydrogens is 214 g/mol. The van der Waals surface area contributed by atoms with Crippen molar-refractivity contribution in [1.82, 2.24) is 10.3 Å². The summed E-state index contributed by atoms with van der Waals surface area (Å²) in [7, 11) is 1.83. The Kier molecular flexibility index (Phi) is 3.61. The Morgan fingerprint density at radius 1 is 1.59 bits per heavy atom. The maximum absolute atomic E-state index is 11.9. The standard InChI is InChI=1S/C13H19N3O/c1-3-4-9-7-11(9)16-13(17)12-8-10(14-2)5-6-15-12/h5-6,8-9,11H,3-4,7H2,1-2H3,(H,14,15)(H,16,17). The fourth-order valence-corrected chi connectivity index (χ4v) is 2.07. The smallest absolute Gasteiger partial charge is 0.270 e. The highest BCUT2D eigenvalue weighted by Crippen LogP contribution is 2.34. The Balaban J connectivity index is 1.91. The second kappa shape index (κ2) is 5.17. The van der Waals surface area contributed by atoms with Crippen LogP contribution < -0.4 is 10.6 Å². The van der Waals surface area contributed by atoms with Crippen molar-refractivity contribution >= 4 is 11.6 Å². The van der Waals surface area contributed by atoms with Crippen LogP contribution in [-0.4, -0.2) is 24.0 Å². The largest absolute Gasteiger partial charge is 0.388 e. The lowest BCUT2D eigenvalue weighted by molar-refractivity contribution is 0.0944. The van der Waals surface area contributed by atoms with Gasteiger partial charge in [-0.3, -0.25) is 9.78 Å². The van der Waals surface area contributed by atoms with E-state index in [0.29, 0.717) is 17.7 Å². The molecule has 1 amide bonds. The van der Waals surface area contributed by atoms with E-state index in [9.17, 15) is 4.79 Å². The molecule has 1 aliphatic rings. The van der Waals surface area contributed by atoms with Gasteiger partial charge >= 0.3 is 0 Å². The highest BCUT2D eigenvalue weighted by Gasteiger charge is 2.37. The zero-order chi connectivity index (χ0) is 12.3. The van der Waals surface area contributed by atoms with Crippen LogP contribution in [0, 0.1) is 5.92 Å². The minimum absolute atomic E-state index is 0.0642. The number of amides is 1. The minimum atomic E-state index is -0.0642. The summed E-state index contributed by atoms with van der Waals surface area (Å²) in [4.78, 5) is 16.0. The van der Waals surface area contributed by atoms with Crippen molar-refractivity contribution in [3.63, 3.8) is 0 Å². The lowest BCUT2D eigenvalue weighted by Gasteiger charge is -2.05. The molecule has 0 aromatic carbocycles. The molecule has 1 saturated carbocycles. The van der Waals surface area contributed by atoms with Crippen LogP contribution in [0.15, 0.2) is 18.3 Å². The zero-order valence-corrected chi connectivity index (χ0v) is 10.4.